The lowest BCUT2D eigenvalue weighted by Crippen LogP contribution is -2.42. The average molecular weight is 322 g/mol. The van der Waals surface area contributed by atoms with E-state index >= 15 is 0 Å². The Balaban J connectivity index is 1.92. The van der Waals surface area contributed by atoms with Crippen LogP contribution in [-0.2, 0) is 11.3 Å². The fourth-order valence-corrected chi connectivity index (χ4v) is 2.64. The van der Waals surface area contributed by atoms with Crippen molar-refractivity contribution in [2.24, 2.45) is 5.92 Å². The molecule has 0 unspecified atom stereocenters. The lowest BCUT2D eigenvalue weighted by atomic mass is 9.97. The summed E-state index contributed by atoms with van der Waals surface area (Å²) in [6, 6.07) is 0. The molecule has 0 aliphatic carbocycles. The first-order valence-corrected chi connectivity index (χ1v) is 7.97. The van der Waals surface area contributed by atoms with Crippen molar-refractivity contribution in [1.29, 1.82) is 0 Å². The third kappa shape index (κ3) is 4.71. The number of hydrogen-bond donors (Lipinski definition) is 1. The number of rotatable bonds is 2. The van der Waals surface area contributed by atoms with Crippen LogP contribution in [0.25, 0.3) is 0 Å². The predicted octanol–water partition coefficient (Wildman–Crippen LogP) is 1.78. The standard InChI is InChI=1S/C16H26N4O3/c1-11-9-20(14(21)18-13(11)17)10-12-5-7-19(8-6-12)15(22)23-16(2,3)4/h9,12H,5-8,10H2,1-4H3,(H2,17,18,21). The van der Waals surface area contributed by atoms with Crippen molar-refractivity contribution in [3.05, 3.63) is 22.2 Å². The zero-order valence-corrected chi connectivity index (χ0v) is 14.3. The van der Waals surface area contributed by atoms with Crippen molar-refractivity contribution in [3.63, 3.8) is 0 Å². The molecule has 0 saturated carbocycles. The minimum absolute atomic E-state index is 0.266. The van der Waals surface area contributed by atoms with Crippen molar-refractivity contribution in [2.75, 3.05) is 18.8 Å². The minimum Gasteiger partial charge on any atom is -0.444 e. The van der Waals surface area contributed by atoms with E-state index in [-0.39, 0.29) is 17.6 Å². The van der Waals surface area contributed by atoms with Crippen molar-refractivity contribution in [3.8, 4) is 0 Å². The fourth-order valence-electron chi connectivity index (χ4n) is 2.64. The number of amides is 1. The highest BCUT2D eigenvalue weighted by atomic mass is 16.6. The van der Waals surface area contributed by atoms with E-state index in [1.54, 1.807) is 15.7 Å². The smallest absolute Gasteiger partial charge is 0.410 e. The number of carbonyl (C=O) groups excluding carboxylic acids is 1. The van der Waals surface area contributed by atoms with Crippen molar-refractivity contribution in [2.45, 2.75) is 52.7 Å². The monoisotopic (exact) mass is 322 g/mol. The number of nitrogen functional groups attached to an aromatic ring is 1. The van der Waals surface area contributed by atoms with Crippen LogP contribution in [0.5, 0.6) is 0 Å². The fraction of sp³-hybridized carbons (Fsp3) is 0.688. The number of hydrogen-bond acceptors (Lipinski definition) is 5. The maximum atomic E-state index is 12.0. The van der Waals surface area contributed by atoms with E-state index in [1.807, 2.05) is 27.7 Å². The lowest BCUT2D eigenvalue weighted by molar-refractivity contribution is 0.0178. The molecular weight excluding hydrogens is 296 g/mol. The molecule has 2 N–H and O–H groups in total. The van der Waals surface area contributed by atoms with Crippen LogP contribution in [0.3, 0.4) is 0 Å². The molecule has 0 radical (unpaired) electrons. The number of nitrogens with zero attached hydrogens (tertiary/aromatic N) is 3. The highest BCUT2D eigenvalue weighted by molar-refractivity contribution is 5.68. The van der Waals surface area contributed by atoms with Gasteiger partial charge in [-0.05, 0) is 46.5 Å². The Morgan fingerprint density at radius 2 is 2.00 bits per heavy atom. The molecule has 1 amide bonds. The van der Waals surface area contributed by atoms with E-state index in [2.05, 4.69) is 4.98 Å². The molecule has 128 valence electrons. The Hall–Kier alpha value is -2.05. The highest BCUT2D eigenvalue weighted by Gasteiger charge is 2.27. The van der Waals surface area contributed by atoms with Gasteiger partial charge in [-0.1, -0.05) is 0 Å². The maximum absolute atomic E-state index is 12.0. The second kappa shape index (κ2) is 6.60. The van der Waals surface area contributed by atoms with Crippen LogP contribution in [0.2, 0.25) is 0 Å². The molecule has 0 spiro atoms. The number of ether oxygens (including phenoxy) is 1. The van der Waals surface area contributed by atoms with Gasteiger partial charge in [0.05, 0.1) is 0 Å². The van der Waals surface area contributed by atoms with E-state index in [0.29, 0.717) is 25.6 Å². The largest absolute Gasteiger partial charge is 0.444 e. The van der Waals surface area contributed by atoms with E-state index < -0.39 is 5.60 Å². The Bertz CT molecular complexity index is 625. The van der Waals surface area contributed by atoms with Crippen LogP contribution in [0.4, 0.5) is 10.6 Å². The summed E-state index contributed by atoms with van der Waals surface area (Å²) in [4.78, 5) is 29.5. The molecule has 7 heteroatoms. The number of carbonyl (C=O) groups is 1. The van der Waals surface area contributed by atoms with Crippen LogP contribution in [-0.4, -0.2) is 39.2 Å². The zero-order chi connectivity index (χ0) is 17.2. The Morgan fingerprint density at radius 3 is 2.57 bits per heavy atom. The summed E-state index contributed by atoms with van der Waals surface area (Å²) >= 11 is 0. The first-order valence-electron chi connectivity index (χ1n) is 7.97. The van der Waals surface area contributed by atoms with Crippen molar-refractivity contribution >= 4 is 11.9 Å². The summed E-state index contributed by atoms with van der Waals surface area (Å²) in [5, 5.41) is 0. The highest BCUT2D eigenvalue weighted by Crippen LogP contribution is 2.21. The molecule has 1 aromatic heterocycles. The van der Waals surface area contributed by atoms with E-state index in [9.17, 15) is 9.59 Å². The normalized spacial score (nSPS) is 16.4. The zero-order valence-electron chi connectivity index (χ0n) is 14.3. The quantitative estimate of drug-likeness (QED) is 0.896. The predicted molar refractivity (Wildman–Crippen MR) is 88.2 cm³/mol. The summed E-state index contributed by atoms with van der Waals surface area (Å²) in [7, 11) is 0. The molecule has 1 aliphatic heterocycles. The van der Waals surface area contributed by atoms with E-state index in [1.165, 1.54) is 0 Å². The first-order chi connectivity index (χ1) is 10.7. The maximum Gasteiger partial charge on any atom is 0.410 e. The van der Waals surface area contributed by atoms with Gasteiger partial charge >= 0.3 is 11.8 Å². The summed E-state index contributed by atoms with van der Waals surface area (Å²) in [5.74, 6) is 0.627. The SMILES string of the molecule is Cc1cn(CC2CCN(C(=O)OC(C)(C)C)CC2)c(=O)nc1N. The van der Waals surface area contributed by atoms with Gasteiger partial charge in [-0.3, -0.25) is 4.57 Å². The second-order valence-corrected chi connectivity index (χ2v) is 7.15. The number of nitrogens with two attached hydrogens (primary N) is 1. The van der Waals surface area contributed by atoms with E-state index in [4.69, 9.17) is 10.5 Å². The van der Waals surface area contributed by atoms with Crippen LogP contribution in [0.15, 0.2) is 11.0 Å². The van der Waals surface area contributed by atoms with Gasteiger partial charge in [0.15, 0.2) is 0 Å². The van der Waals surface area contributed by atoms with Crippen molar-refractivity contribution < 1.29 is 9.53 Å². The summed E-state index contributed by atoms with van der Waals surface area (Å²) in [6.07, 6.45) is 3.17. The summed E-state index contributed by atoms with van der Waals surface area (Å²) in [6.45, 7) is 9.32. The Morgan fingerprint density at radius 1 is 1.39 bits per heavy atom. The van der Waals surface area contributed by atoms with E-state index in [0.717, 1.165) is 18.4 Å². The third-order valence-corrected chi connectivity index (χ3v) is 3.94. The van der Waals surface area contributed by atoms with Crippen molar-refractivity contribution in [1.82, 2.24) is 14.5 Å². The molecule has 2 heterocycles. The molecule has 23 heavy (non-hydrogen) atoms. The molecule has 1 aliphatic rings. The first kappa shape index (κ1) is 17.3. The van der Waals surface area contributed by atoms with Crippen LogP contribution in [0.1, 0.15) is 39.2 Å². The van der Waals surface area contributed by atoms with Crippen LogP contribution < -0.4 is 11.4 Å². The Labute approximate surface area is 136 Å². The second-order valence-electron chi connectivity index (χ2n) is 7.15. The molecule has 1 saturated heterocycles. The molecule has 1 aromatic rings. The van der Waals surface area contributed by atoms with Gasteiger partial charge in [-0.2, -0.15) is 4.98 Å². The van der Waals surface area contributed by atoms with Gasteiger partial charge in [0.1, 0.15) is 11.4 Å². The van der Waals surface area contributed by atoms with Crippen LogP contribution >= 0.6 is 0 Å². The molecule has 0 bridgehead atoms. The summed E-state index contributed by atoms with van der Waals surface area (Å²) in [5.41, 5.74) is 5.65. The van der Waals surface area contributed by atoms with Crippen LogP contribution in [0, 0.1) is 12.8 Å². The number of aromatic nitrogens is 2. The number of aryl methyl sites for hydroxylation is 1. The molecule has 0 aromatic carbocycles. The number of piperidine rings is 1. The third-order valence-electron chi connectivity index (χ3n) is 3.94. The van der Waals surface area contributed by atoms with Gasteiger partial charge in [0.2, 0.25) is 0 Å². The van der Waals surface area contributed by atoms with Gasteiger partial charge < -0.3 is 15.4 Å². The minimum atomic E-state index is -0.478. The summed E-state index contributed by atoms with van der Waals surface area (Å²) < 4.78 is 7.00. The Kier molecular flexibility index (Phi) is 4.97. The average Bonchev–Trinajstić information content (AvgIpc) is 2.43. The molecule has 1 fully saturated rings. The van der Waals surface area contributed by atoms with Gasteiger partial charge in [-0.15, -0.1) is 0 Å². The van der Waals surface area contributed by atoms with Gasteiger partial charge in [0, 0.05) is 31.4 Å². The topological polar surface area (TPSA) is 90.5 Å². The molecule has 0 atom stereocenters. The molecule has 2 rings (SSSR count). The van der Waals surface area contributed by atoms with Gasteiger partial charge in [-0.25, -0.2) is 9.59 Å². The number of anilines is 1. The van der Waals surface area contributed by atoms with Gasteiger partial charge in [0.25, 0.3) is 0 Å². The molecular formula is C16H26N4O3. The number of likely N-dealkylation sites (tertiary alicyclic amines) is 1. The molecule has 7 nitrogen and oxygen atoms in total. The lowest BCUT2D eigenvalue weighted by Gasteiger charge is -2.33.